The number of thioether (sulfide) groups is 1. The van der Waals surface area contributed by atoms with E-state index < -0.39 is 0 Å². The van der Waals surface area contributed by atoms with Crippen molar-refractivity contribution < 1.29 is 9.21 Å². The van der Waals surface area contributed by atoms with Crippen LogP contribution in [0.5, 0.6) is 0 Å². The fourth-order valence-electron chi connectivity index (χ4n) is 1.91. The highest BCUT2D eigenvalue weighted by Gasteiger charge is 2.12. The lowest BCUT2D eigenvalue weighted by Gasteiger charge is -2.11. The Balaban J connectivity index is 1.84. The van der Waals surface area contributed by atoms with Gasteiger partial charge in [-0.3, -0.25) is 4.79 Å². The molecule has 0 aliphatic rings. The number of nitrogens with zero attached hydrogens (tertiary/aromatic N) is 2. The van der Waals surface area contributed by atoms with E-state index in [4.69, 9.17) is 4.42 Å². The lowest BCUT2D eigenvalue weighted by molar-refractivity contribution is -0.119. The van der Waals surface area contributed by atoms with Gasteiger partial charge in [0.05, 0.1) is 5.75 Å². The topological polar surface area (TPSA) is 68.0 Å². The quantitative estimate of drug-likeness (QED) is 0.796. The van der Waals surface area contributed by atoms with Crippen LogP contribution < -0.4 is 5.32 Å². The van der Waals surface area contributed by atoms with Crippen molar-refractivity contribution in [2.24, 2.45) is 0 Å². The lowest BCUT2D eigenvalue weighted by Crippen LogP contribution is -2.33. The van der Waals surface area contributed by atoms with E-state index in [9.17, 15) is 4.79 Å². The van der Waals surface area contributed by atoms with Crippen LogP contribution in [0.15, 0.2) is 40.0 Å². The van der Waals surface area contributed by atoms with Crippen LogP contribution >= 0.6 is 11.8 Å². The number of amides is 1. The minimum absolute atomic E-state index is 0.0135. The second-order valence-electron chi connectivity index (χ2n) is 4.79. The summed E-state index contributed by atoms with van der Waals surface area (Å²) in [6.07, 6.45) is 2.04. The highest BCUT2D eigenvalue weighted by Crippen LogP contribution is 2.22. The van der Waals surface area contributed by atoms with Crippen molar-refractivity contribution in [2.45, 2.75) is 38.0 Å². The summed E-state index contributed by atoms with van der Waals surface area (Å²) < 4.78 is 5.53. The zero-order valence-corrected chi connectivity index (χ0v) is 13.0. The van der Waals surface area contributed by atoms with Crippen LogP contribution in [0.4, 0.5) is 0 Å². The van der Waals surface area contributed by atoms with Gasteiger partial charge < -0.3 is 9.73 Å². The average molecular weight is 305 g/mol. The number of nitrogens with one attached hydrogen (secondary N) is 1. The Labute approximate surface area is 128 Å². The van der Waals surface area contributed by atoms with Crippen molar-refractivity contribution in [3.63, 3.8) is 0 Å². The molecule has 1 aromatic heterocycles. The third-order valence-corrected chi connectivity index (χ3v) is 3.70. The second kappa shape index (κ2) is 7.83. The molecule has 0 saturated heterocycles. The first-order valence-corrected chi connectivity index (χ1v) is 7.98. The highest BCUT2D eigenvalue weighted by atomic mass is 32.2. The van der Waals surface area contributed by atoms with Crippen LogP contribution in [-0.2, 0) is 4.79 Å². The van der Waals surface area contributed by atoms with Crippen LogP contribution in [0, 0.1) is 0 Å². The Bertz CT molecular complexity index is 571. The average Bonchev–Trinajstić information content (AvgIpc) is 2.95. The monoisotopic (exact) mass is 305 g/mol. The van der Waals surface area contributed by atoms with Gasteiger partial charge in [-0.15, -0.1) is 10.2 Å². The van der Waals surface area contributed by atoms with Crippen LogP contribution in [0.25, 0.3) is 11.5 Å². The molecule has 21 heavy (non-hydrogen) atoms. The Kier molecular flexibility index (Phi) is 5.80. The molecular weight excluding hydrogens is 286 g/mol. The maximum absolute atomic E-state index is 11.8. The first-order valence-electron chi connectivity index (χ1n) is 7.00. The predicted molar refractivity (Wildman–Crippen MR) is 83.0 cm³/mol. The fraction of sp³-hybridized carbons (Fsp3) is 0.400. The zero-order chi connectivity index (χ0) is 15.1. The molecular formula is C15H19N3O2S. The minimum atomic E-state index is -0.0135. The molecule has 1 aromatic carbocycles. The molecule has 112 valence electrons. The van der Waals surface area contributed by atoms with Crippen molar-refractivity contribution in [3.05, 3.63) is 30.3 Å². The van der Waals surface area contributed by atoms with Crippen LogP contribution in [0.2, 0.25) is 0 Å². The Morgan fingerprint density at radius 3 is 2.81 bits per heavy atom. The standard InChI is InChI=1S/C15H19N3O2S/c1-3-7-11(2)16-13(19)10-21-15-18-17-14(20-15)12-8-5-4-6-9-12/h4-6,8-9,11H,3,7,10H2,1-2H3,(H,16,19)/t11-/m1/s1. The molecule has 1 N–H and O–H groups in total. The molecule has 1 heterocycles. The molecule has 0 fully saturated rings. The molecule has 0 saturated carbocycles. The highest BCUT2D eigenvalue weighted by molar-refractivity contribution is 7.99. The molecule has 0 radical (unpaired) electrons. The third kappa shape index (κ3) is 4.90. The molecule has 0 aliphatic heterocycles. The summed E-state index contributed by atoms with van der Waals surface area (Å²) in [5, 5.41) is 11.3. The van der Waals surface area contributed by atoms with E-state index in [1.165, 1.54) is 11.8 Å². The molecule has 5 nitrogen and oxygen atoms in total. The third-order valence-electron chi connectivity index (χ3n) is 2.88. The van der Waals surface area contributed by atoms with Gasteiger partial charge >= 0.3 is 0 Å². The van der Waals surface area contributed by atoms with E-state index in [1.54, 1.807) is 0 Å². The van der Waals surface area contributed by atoms with Gasteiger partial charge in [0.1, 0.15) is 0 Å². The van der Waals surface area contributed by atoms with Crippen molar-refractivity contribution in [3.8, 4) is 11.5 Å². The normalized spacial score (nSPS) is 12.1. The number of carbonyl (C=O) groups is 1. The molecule has 1 atom stereocenters. The zero-order valence-electron chi connectivity index (χ0n) is 12.2. The second-order valence-corrected chi connectivity index (χ2v) is 5.71. The van der Waals surface area contributed by atoms with Gasteiger partial charge in [0.2, 0.25) is 11.8 Å². The maximum Gasteiger partial charge on any atom is 0.277 e. The Hall–Kier alpha value is -1.82. The number of rotatable bonds is 7. The van der Waals surface area contributed by atoms with E-state index in [0.29, 0.717) is 11.1 Å². The summed E-state index contributed by atoms with van der Waals surface area (Å²) in [5.74, 6) is 0.739. The van der Waals surface area contributed by atoms with Crippen molar-refractivity contribution in [2.75, 3.05) is 5.75 Å². The molecule has 0 spiro atoms. The van der Waals surface area contributed by atoms with Gasteiger partial charge in [0, 0.05) is 11.6 Å². The summed E-state index contributed by atoms with van der Waals surface area (Å²) in [5.41, 5.74) is 0.873. The summed E-state index contributed by atoms with van der Waals surface area (Å²) in [4.78, 5) is 11.8. The first-order chi connectivity index (χ1) is 10.2. The molecule has 1 amide bonds. The van der Waals surface area contributed by atoms with E-state index in [-0.39, 0.29) is 17.7 Å². The van der Waals surface area contributed by atoms with Crippen LogP contribution in [0.3, 0.4) is 0 Å². The fourth-order valence-corrected chi connectivity index (χ4v) is 2.49. The van der Waals surface area contributed by atoms with Crippen LogP contribution in [0.1, 0.15) is 26.7 Å². The number of carbonyl (C=O) groups excluding carboxylic acids is 1. The van der Waals surface area contributed by atoms with Gasteiger partial charge in [-0.05, 0) is 25.5 Å². The SMILES string of the molecule is CCC[C@@H](C)NC(=O)CSc1nnc(-c2ccccc2)o1. The number of hydrogen-bond acceptors (Lipinski definition) is 5. The van der Waals surface area contributed by atoms with Crippen molar-refractivity contribution >= 4 is 17.7 Å². The molecule has 0 aliphatic carbocycles. The van der Waals surface area contributed by atoms with E-state index >= 15 is 0 Å². The van der Waals surface area contributed by atoms with Crippen LogP contribution in [-0.4, -0.2) is 27.9 Å². The van der Waals surface area contributed by atoms with Crippen molar-refractivity contribution in [1.82, 2.24) is 15.5 Å². The first kappa shape index (κ1) is 15.6. The largest absolute Gasteiger partial charge is 0.411 e. The van der Waals surface area contributed by atoms with Gasteiger partial charge in [0.15, 0.2) is 0 Å². The molecule has 0 bridgehead atoms. The predicted octanol–water partition coefficient (Wildman–Crippen LogP) is 3.13. The molecule has 2 rings (SSSR count). The maximum atomic E-state index is 11.8. The molecule has 0 unspecified atom stereocenters. The Morgan fingerprint density at radius 1 is 1.33 bits per heavy atom. The Morgan fingerprint density at radius 2 is 2.10 bits per heavy atom. The number of benzene rings is 1. The molecule has 2 aromatic rings. The molecule has 6 heteroatoms. The lowest BCUT2D eigenvalue weighted by atomic mass is 10.2. The van der Waals surface area contributed by atoms with Gasteiger partial charge in [0.25, 0.3) is 5.22 Å². The van der Waals surface area contributed by atoms with E-state index in [0.717, 1.165) is 18.4 Å². The van der Waals surface area contributed by atoms with Crippen molar-refractivity contribution in [1.29, 1.82) is 0 Å². The summed E-state index contributed by atoms with van der Waals surface area (Å²) >= 11 is 1.25. The number of aromatic nitrogens is 2. The smallest absolute Gasteiger partial charge is 0.277 e. The summed E-state index contributed by atoms with van der Waals surface area (Å²) in [6, 6.07) is 9.76. The summed E-state index contributed by atoms with van der Waals surface area (Å²) in [7, 11) is 0. The van der Waals surface area contributed by atoms with E-state index in [1.807, 2.05) is 37.3 Å². The number of hydrogen-bond donors (Lipinski definition) is 1. The van der Waals surface area contributed by atoms with Gasteiger partial charge in [-0.2, -0.15) is 0 Å². The van der Waals surface area contributed by atoms with Gasteiger partial charge in [-0.25, -0.2) is 0 Å². The summed E-state index contributed by atoms with van der Waals surface area (Å²) in [6.45, 7) is 4.10. The van der Waals surface area contributed by atoms with E-state index in [2.05, 4.69) is 22.4 Å². The van der Waals surface area contributed by atoms with Gasteiger partial charge in [-0.1, -0.05) is 43.3 Å². The minimum Gasteiger partial charge on any atom is -0.411 e.